The van der Waals surface area contributed by atoms with Crippen molar-refractivity contribution in [3.05, 3.63) is 42.5 Å². The zero-order valence-electron chi connectivity index (χ0n) is 16.0. The molecule has 1 amide bonds. The monoisotopic (exact) mass is 375 g/mol. The van der Waals surface area contributed by atoms with E-state index < -0.39 is 23.8 Å². The van der Waals surface area contributed by atoms with E-state index in [1.165, 1.54) is 6.92 Å². The lowest BCUT2D eigenvalue weighted by Crippen LogP contribution is -2.36. The van der Waals surface area contributed by atoms with Gasteiger partial charge >= 0.3 is 12.1 Å². The van der Waals surface area contributed by atoms with Crippen LogP contribution in [0.5, 0.6) is 5.75 Å². The second kappa shape index (κ2) is 9.23. The van der Waals surface area contributed by atoms with Gasteiger partial charge in [0.15, 0.2) is 6.10 Å². The van der Waals surface area contributed by atoms with E-state index in [0.717, 1.165) is 10.8 Å². The van der Waals surface area contributed by atoms with E-state index >= 15 is 0 Å². The largest absolute Gasteiger partial charge is 0.489 e. The van der Waals surface area contributed by atoms with Crippen LogP contribution in [-0.2, 0) is 19.1 Å². The van der Waals surface area contributed by atoms with Crippen LogP contribution < -0.4 is 10.2 Å². The van der Waals surface area contributed by atoms with Crippen molar-refractivity contribution >= 4 is 22.8 Å². The molecule has 2 aromatic carbocycles. The Morgan fingerprint density at radius 3 is 2.44 bits per heavy atom. The van der Waals surface area contributed by atoms with Gasteiger partial charge in [0.1, 0.15) is 24.6 Å². The molecule has 0 saturated heterocycles. The summed E-state index contributed by atoms with van der Waals surface area (Å²) in [5.74, 6) is 0.202. The highest BCUT2D eigenvalue weighted by molar-refractivity contribution is 5.88. The van der Waals surface area contributed by atoms with Crippen LogP contribution >= 0.6 is 0 Å². The van der Waals surface area contributed by atoms with Gasteiger partial charge in [-0.1, -0.05) is 36.4 Å². The minimum atomic E-state index is -0.723. The standard InChI is InChI=1S/C20H25NO6/c1-14(22)26-16(13-25-21-19(23)27-20(2,3)4)12-24-18-11-7-9-15-8-5-6-10-17(15)18/h5-11,16H,12-13H2,1-4H3,(H,21,23)/t16-/m1/s1. The molecule has 1 N–H and O–H groups in total. The van der Waals surface area contributed by atoms with Gasteiger partial charge in [0.05, 0.1) is 0 Å². The molecule has 1 atom stereocenters. The third kappa shape index (κ3) is 7.15. The Balaban J connectivity index is 1.92. The number of hydroxylamine groups is 1. The summed E-state index contributed by atoms with van der Waals surface area (Å²) in [6.45, 7) is 6.52. The highest BCUT2D eigenvalue weighted by Gasteiger charge is 2.18. The van der Waals surface area contributed by atoms with E-state index in [2.05, 4.69) is 5.48 Å². The number of carbonyl (C=O) groups is 2. The number of nitrogens with one attached hydrogen (secondary N) is 1. The highest BCUT2D eigenvalue weighted by Crippen LogP contribution is 2.25. The number of amides is 1. The Hall–Kier alpha value is -2.80. The summed E-state index contributed by atoms with van der Waals surface area (Å²) in [7, 11) is 0. The van der Waals surface area contributed by atoms with Crippen LogP contribution in [0.1, 0.15) is 27.7 Å². The van der Waals surface area contributed by atoms with Gasteiger partial charge in [0, 0.05) is 12.3 Å². The van der Waals surface area contributed by atoms with Crippen molar-refractivity contribution in [2.75, 3.05) is 13.2 Å². The Labute approximate surface area is 158 Å². The molecular weight excluding hydrogens is 350 g/mol. The first kappa shape index (κ1) is 20.5. The Bertz CT molecular complexity index is 778. The fraction of sp³-hybridized carbons (Fsp3) is 0.400. The maximum atomic E-state index is 11.6. The number of hydrogen-bond acceptors (Lipinski definition) is 6. The highest BCUT2D eigenvalue weighted by atomic mass is 16.7. The molecule has 0 radical (unpaired) electrons. The van der Waals surface area contributed by atoms with Gasteiger partial charge in [-0.3, -0.25) is 9.63 Å². The summed E-state index contributed by atoms with van der Waals surface area (Å²) in [5.41, 5.74) is 1.52. The molecule has 146 valence electrons. The number of ether oxygens (including phenoxy) is 3. The molecule has 7 heteroatoms. The van der Waals surface area contributed by atoms with E-state index in [-0.39, 0.29) is 13.2 Å². The van der Waals surface area contributed by atoms with Crippen LogP contribution in [-0.4, -0.2) is 37.0 Å². The molecule has 2 aromatic rings. The van der Waals surface area contributed by atoms with E-state index in [1.807, 2.05) is 42.5 Å². The predicted octanol–water partition coefficient (Wildman–Crippen LogP) is 3.61. The summed E-state index contributed by atoms with van der Waals surface area (Å²) in [4.78, 5) is 28.0. The Kier molecular flexibility index (Phi) is 7.01. The van der Waals surface area contributed by atoms with Crippen molar-refractivity contribution < 1.29 is 28.6 Å². The average Bonchev–Trinajstić information content (AvgIpc) is 2.57. The molecule has 0 aliphatic rings. The SMILES string of the molecule is CC(=O)O[C@@H](CONC(=O)OC(C)(C)C)COc1cccc2ccccc12. The maximum absolute atomic E-state index is 11.6. The smallest absolute Gasteiger partial charge is 0.431 e. The molecule has 0 bridgehead atoms. The summed E-state index contributed by atoms with van der Waals surface area (Å²) in [6.07, 6.45) is -1.42. The number of benzene rings is 2. The van der Waals surface area contributed by atoms with Crippen molar-refractivity contribution in [3.63, 3.8) is 0 Å². The second-order valence-corrected chi connectivity index (χ2v) is 6.93. The number of esters is 1. The molecular formula is C20H25NO6. The molecule has 0 heterocycles. The van der Waals surface area contributed by atoms with Gasteiger partial charge in [-0.05, 0) is 32.2 Å². The Morgan fingerprint density at radius 1 is 1.04 bits per heavy atom. The number of fused-ring (bicyclic) bond motifs is 1. The third-order valence-electron chi connectivity index (χ3n) is 3.33. The molecule has 0 aliphatic carbocycles. The molecule has 0 spiro atoms. The first-order valence-corrected chi connectivity index (χ1v) is 8.63. The van der Waals surface area contributed by atoms with Crippen molar-refractivity contribution in [2.45, 2.75) is 39.4 Å². The molecule has 0 unspecified atom stereocenters. The van der Waals surface area contributed by atoms with E-state index in [4.69, 9.17) is 19.0 Å². The van der Waals surface area contributed by atoms with Gasteiger partial charge in [-0.15, -0.1) is 0 Å². The number of hydrogen-bond donors (Lipinski definition) is 1. The first-order chi connectivity index (χ1) is 12.7. The maximum Gasteiger partial charge on any atom is 0.431 e. The predicted molar refractivity (Wildman–Crippen MR) is 100 cm³/mol. The zero-order chi connectivity index (χ0) is 19.9. The second-order valence-electron chi connectivity index (χ2n) is 6.93. The van der Waals surface area contributed by atoms with Crippen LogP contribution in [0.4, 0.5) is 4.79 Å². The topological polar surface area (TPSA) is 83.1 Å². The number of carbonyl (C=O) groups excluding carboxylic acids is 2. The van der Waals surface area contributed by atoms with Crippen molar-refractivity contribution in [1.82, 2.24) is 5.48 Å². The van der Waals surface area contributed by atoms with E-state index in [1.54, 1.807) is 20.8 Å². The fourth-order valence-electron chi connectivity index (χ4n) is 2.35. The van der Waals surface area contributed by atoms with Gasteiger partial charge in [-0.25, -0.2) is 4.79 Å². The van der Waals surface area contributed by atoms with Crippen molar-refractivity contribution in [1.29, 1.82) is 0 Å². The number of rotatable bonds is 7. The summed E-state index contributed by atoms with van der Waals surface area (Å²) < 4.78 is 16.1. The molecule has 7 nitrogen and oxygen atoms in total. The van der Waals surface area contributed by atoms with Crippen molar-refractivity contribution in [2.24, 2.45) is 0 Å². The molecule has 0 aromatic heterocycles. The lowest BCUT2D eigenvalue weighted by Gasteiger charge is -2.21. The van der Waals surface area contributed by atoms with Crippen LogP contribution in [0, 0.1) is 0 Å². The lowest BCUT2D eigenvalue weighted by molar-refractivity contribution is -0.153. The summed E-state index contributed by atoms with van der Waals surface area (Å²) in [5, 5.41) is 2.00. The van der Waals surface area contributed by atoms with E-state index in [9.17, 15) is 9.59 Å². The van der Waals surface area contributed by atoms with Gasteiger partial charge in [0.2, 0.25) is 0 Å². The summed E-state index contributed by atoms with van der Waals surface area (Å²) in [6, 6.07) is 13.5. The fourth-order valence-corrected chi connectivity index (χ4v) is 2.35. The van der Waals surface area contributed by atoms with Crippen LogP contribution in [0.3, 0.4) is 0 Å². The van der Waals surface area contributed by atoms with Crippen LogP contribution in [0.15, 0.2) is 42.5 Å². The third-order valence-corrected chi connectivity index (χ3v) is 3.33. The summed E-state index contributed by atoms with van der Waals surface area (Å²) >= 11 is 0. The van der Waals surface area contributed by atoms with Gasteiger partial charge < -0.3 is 14.2 Å². The van der Waals surface area contributed by atoms with Crippen LogP contribution in [0.2, 0.25) is 0 Å². The molecule has 0 aliphatic heterocycles. The molecule has 0 fully saturated rings. The van der Waals surface area contributed by atoms with Gasteiger partial charge in [0.25, 0.3) is 0 Å². The normalized spacial score (nSPS) is 12.3. The van der Waals surface area contributed by atoms with Crippen molar-refractivity contribution in [3.8, 4) is 5.75 Å². The molecule has 27 heavy (non-hydrogen) atoms. The van der Waals surface area contributed by atoms with Crippen LogP contribution in [0.25, 0.3) is 10.8 Å². The minimum Gasteiger partial charge on any atom is -0.489 e. The van der Waals surface area contributed by atoms with E-state index in [0.29, 0.717) is 5.75 Å². The first-order valence-electron chi connectivity index (χ1n) is 8.63. The quantitative estimate of drug-likeness (QED) is 0.588. The zero-order valence-corrected chi connectivity index (χ0v) is 16.0. The van der Waals surface area contributed by atoms with Gasteiger partial charge in [-0.2, -0.15) is 5.48 Å². The minimum absolute atomic E-state index is 0.0730. The Morgan fingerprint density at radius 2 is 1.74 bits per heavy atom. The average molecular weight is 375 g/mol. The molecule has 0 saturated carbocycles. The lowest BCUT2D eigenvalue weighted by atomic mass is 10.1. The molecule has 2 rings (SSSR count).